The van der Waals surface area contributed by atoms with Crippen LogP contribution in [0.4, 0.5) is 0 Å². The normalized spacial score (nSPS) is 11.4. The first-order chi connectivity index (χ1) is 9.29. The van der Waals surface area contributed by atoms with E-state index in [0.29, 0.717) is 5.92 Å². The van der Waals surface area contributed by atoms with Crippen LogP contribution in [-0.4, -0.2) is 28.3 Å². The van der Waals surface area contributed by atoms with Crippen molar-refractivity contribution in [1.29, 1.82) is 0 Å². The van der Waals surface area contributed by atoms with Crippen LogP contribution in [-0.2, 0) is 0 Å². The van der Waals surface area contributed by atoms with E-state index in [1.165, 1.54) is 30.7 Å². The fourth-order valence-corrected chi connectivity index (χ4v) is 1.40. The zero-order chi connectivity index (χ0) is 15.7. The lowest BCUT2D eigenvalue weighted by Gasteiger charge is -2.12. The van der Waals surface area contributed by atoms with Crippen molar-refractivity contribution in [2.45, 2.75) is 32.9 Å². The lowest BCUT2D eigenvalue weighted by Crippen LogP contribution is -2.37. The second-order valence-corrected chi connectivity index (χ2v) is 4.53. The Morgan fingerprint density at radius 3 is 1.55 bits per heavy atom. The Hall–Kier alpha value is -1.92. The van der Waals surface area contributed by atoms with Gasteiger partial charge in [-0.2, -0.15) is 0 Å². The highest BCUT2D eigenvalue weighted by Crippen LogP contribution is 2.04. The predicted octanol–water partition coefficient (Wildman–Crippen LogP) is 1.75. The fourth-order valence-electron chi connectivity index (χ4n) is 1.40. The first kappa shape index (κ1) is 18.1. The number of carbonyl (C=O) groups is 2. The predicted molar refractivity (Wildman–Crippen MR) is 76.6 cm³/mol. The van der Waals surface area contributed by atoms with Gasteiger partial charge in [0.2, 0.25) is 0 Å². The van der Waals surface area contributed by atoms with Crippen LogP contribution in [0.3, 0.4) is 0 Å². The molecule has 0 aromatic heterocycles. The zero-order valence-corrected chi connectivity index (χ0v) is 11.7. The van der Waals surface area contributed by atoms with Crippen LogP contribution in [0.2, 0.25) is 0 Å². The van der Waals surface area contributed by atoms with Gasteiger partial charge in [0.05, 0.1) is 17.3 Å². The molecule has 0 saturated carbocycles. The van der Waals surface area contributed by atoms with Crippen LogP contribution in [0.15, 0.2) is 24.3 Å². The molecule has 1 unspecified atom stereocenters. The van der Waals surface area contributed by atoms with Gasteiger partial charge in [0, 0.05) is 0 Å². The van der Waals surface area contributed by atoms with Crippen molar-refractivity contribution in [3.05, 3.63) is 35.4 Å². The van der Waals surface area contributed by atoms with E-state index in [-0.39, 0.29) is 17.3 Å². The molecule has 0 radical (unpaired) electrons. The summed E-state index contributed by atoms with van der Waals surface area (Å²) in [5.41, 5.74) is 11.0. The van der Waals surface area contributed by atoms with E-state index in [0.717, 1.165) is 6.42 Å². The molecule has 6 N–H and O–H groups in total. The minimum absolute atomic E-state index is 0.0833. The fraction of sp³-hybridized carbons (Fsp3) is 0.429. The van der Waals surface area contributed by atoms with Crippen molar-refractivity contribution in [2.75, 3.05) is 0 Å². The Bertz CT molecular complexity index is 396. The van der Waals surface area contributed by atoms with Crippen molar-refractivity contribution in [2.24, 2.45) is 17.4 Å². The van der Waals surface area contributed by atoms with Crippen LogP contribution in [0.25, 0.3) is 0 Å². The van der Waals surface area contributed by atoms with Crippen LogP contribution in [0.1, 0.15) is 47.4 Å². The summed E-state index contributed by atoms with van der Waals surface area (Å²) in [5.74, 6) is -1.65. The first-order valence-electron chi connectivity index (χ1n) is 6.37. The van der Waals surface area contributed by atoms with E-state index in [9.17, 15) is 9.59 Å². The molecule has 0 saturated heterocycles. The molecule has 1 aromatic carbocycles. The molecule has 0 aliphatic heterocycles. The van der Waals surface area contributed by atoms with Crippen LogP contribution in [0, 0.1) is 5.92 Å². The molecule has 0 fully saturated rings. The van der Waals surface area contributed by atoms with E-state index >= 15 is 0 Å². The number of aromatic carboxylic acids is 2. The Morgan fingerprint density at radius 2 is 1.40 bits per heavy atom. The molecule has 6 heteroatoms. The maximum absolute atomic E-state index is 10.3. The Kier molecular flexibility index (Phi) is 8.19. The molecule has 0 spiro atoms. The van der Waals surface area contributed by atoms with Gasteiger partial charge in [0.15, 0.2) is 0 Å². The maximum Gasteiger partial charge on any atom is 0.335 e. The quantitative estimate of drug-likeness (QED) is 0.609. The van der Waals surface area contributed by atoms with E-state index in [1.807, 2.05) is 0 Å². The molecule has 6 nitrogen and oxygen atoms in total. The second-order valence-electron chi connectivity index (χ2n) is 4.53. The third-order valence-corrected chi connectivity index (χ3v) is 2.78. The summed E-state index contributed by atoms with van der Waals surface area (Å²) in [7, 11) is 0. The summed E-state index contributed by atoms with van der Waals surface area (Å²) in [6.07, 6.45) is 2.18. The van der Waals surface area contributed by atoms with Gasteiger partial charge in [-0.1, -0.05) is 20.3 Å². The largest absolute Gasteiger partial charge is 0.478 e. The van der Waals surface area contributed by atoms with Crippen LogP contribution in [0.5, 0.6) is 0 Å². The maximum atomic E-state index is 10.3. The summed E-state index contributed by atoms with van der Waals surface area (Å²) < 4.78 is 0. The SMILES string of the molecule is CCCC(C)C(N)N.O=C(O)c1ccc(C(=O)O)cc1. The standard InChI is InChI=1S/C8H6O4.C6H16N2/c9-7(10)5-1-2-6(4-3-5)8(11)12;1-3-4-5(2)6(7)8/h1-4H,(H,9,10)(H,11,12);5-6H,3-4,7-8H2,1-2H3. The third-order valence-electron chi connectivity index (χ3n) is 2.78. The van der Waals surface area contributed by atoms with E-state index in [1.54, 1.807) is 0 Å². The van der Waals surface area contributed by atoms with Crippen molar-refractivity contribution >= 4 is 11.9 Å². The Labute approximate surface area is 118 Å². The molecular formula is C14H22N2O4. The number of carboxylic acids is 2. The van der Waals surface area contributed by atoms with Crippen molar-refractivity contribution < 1.29 is 19.8 Å². The van der Waals surface area contributed by atoms with E-state index < -0.39 is 11.9 Å². The molecule has 0 aliphatic carbocycles. The molecular weight excluding hydrogens is 260 g/mol. The molecule has 0 amide bonds. The lowest BCUT2D eigenvalue weighted by atomic mass is 10.0. The topological polar surface area (TPSA) is 127 Å². The number of nitrogens with two attached hydrogens (primary N) is 2. The average Bonchev–Trinajstić information content (AvgIpc) is 2.39. The van der Waals surface area contributed by atoms with Gasteiger partial charge < -0.3 is 21.7 Å². The van der Waals surface area contributed by atoms with Gasteiger partial charge in [0.1, 0.15) is 0 Å². The number of hydrogen-bond acceptors (Lipinski definition) is 4. The van der Waals surface area contributed by atoms with Crippen molar-refractivity contribution in [3.8, 4) is 0 Å². The molecule has 20 heavy (non-hydrogen) atoms. The summed E-state index contributed by atoms with van der Waals surface area (Å²) in [6, 6.07) is 5.02. The van der Waals surface area contributed by atoms with E-state index in [4.69, 9.17) is 21.7 Å². The minimum atomic E-state index is -1.06. The number of carboxylic acid groups (broad SMARTS) is 2. The summed E-state index contributed by atoms with van der Waals surface area (Å²) in [4.78, 5) is 20.7. The lowest BCUT2D eigenvalue weighted by molar-refractivity contribution is 0.0681. The Morgan fingerprint density at radius 1 is 1.05 bits per heavy atom. The number of benzene rings is 1. The summed E-state index contributed by atoms with van der Waals surface area (Å²) >= 11 is 0. The van der Waals surface area contributed by atoms with Crippen LogP contribution < -0.4 is 11.5 Å². The summed E-state index contributed by atoms with van der Waals surface area (Å²) in [6.45, 7) is 4.22. The Balaban J connectivity index is 0.000000396. The van der Waals surface area contributed by atoms with Crippen molar-refractivity contribution in [1.82, 2.24) is 0 Å². The highest BCUT2D eigenvalue weighted by molar-refractivity contribution is 5.91. The molecule has 1 aromatic rings. The smallest absolute Gasteiger partial charge is 0.335 e. The monoisotopic (exact) mass is 282 g/mol. The van der Waals surface area contributed by atoms with Gasteiger partial charge in [-0.3, -0.25) is 0 Å². The van der Waals surface area contributed by atoms with Gasteiger partial charge in [-0.25, -0.2) is 9.59 Å². The molecule has 112 valence electrons. The van der Waals surface area contributed by atoms with Crippen molar-refractivity contribution in [3.63, 3.8) is 0 Å². The highest BCUT2D eigenvalue weighted by Gasteiger charge is 2.05. The van der Waals surface area contributed by atoms with Gasteiger partial charge in [0.25, 0.3) is 0 Å². The summed E-state index contributed by atoms with van der Waals surface area (Å²) in [5, 5.41) is 16.9. The second kappa shape index (κ2) is 9.06. The minimum Gasteiger partial charge on any atom is -0.478 e. The van der Waals surface area contributed by atoms with E-state index in [2.05, 4.69) is 13.8 Å². The zero-order valence-electron chi connectivity index (χ0n) is 11.7. The highest BCUT2D eigenvalue weighted by atomic mass is 16.4. The van der Waals surface area contributed by atoms with Gasteiger partial charge in [-0.15, -0.1) is 0 Å². The first-order valence-corrected chi connectivity index (χ1v) is 6.37. The number of rotatable bonds is 5. The van der Waals surface area contributed by atoms with Gasteiger partial charge in [-0.05, 0) is 36.6 Å². The molecule has 1 atom stereocenters. The molecule has 1 rings (SSSR count). The number of hydrogen-bond donors (Lipinski definition) is 4. The molecule has 0 bridgehead atoms. The third kappa shape index (κ3) is 6.86. The molecule has 0 aliphatic rings. The van der Waals surface area contributed by atoms with Crippen LogP contribution >= 0.6 is 0 Å². The van der Waals surface area contributed by atoms with Gasteiger partial charge >= 0.3 is 11.9 Å². The average molecular weight is 282 g/mol. The molecule has 0 heterocycles.